The van der Waals surface area contributed by atoms with Gasteiger partial charge in [-0.3, -0.25) is 0 Å². The lowest BCUT2D eigenvalue weighted by Gasteiger charge is -2.04. The Kier molecular flexibility index (Phi) is 2.99. The number of H-pyrrole nitrogens is 1. The average molecular weight is 203 g/mol. The lowest BCUT2D eigenvalue weighted by molar-refractivity contribution is 0.328. The van der Waals surface area contributed by atoms with Crippen LogP contribution in [-0.4, -0.2) is 23.1 Å². The van der Waals surface area contributed by atoms with Crippen molar-refractivity contribution < 1.29 is 4.74 Å². The first-order valence-corrected chi connectivity index (χ1v) is 4.83. The van der Waals surface area contributed by atoms with Crippen LogP contribution in [0.1, 0.15) is 0 Å². The van der Waals surface area contributed by atoms with Gasteiger partial charge in [-0.15, -0.1) is 0 Å². The van der Waals surface area contributed by atoms with Gasteiger partial charge in [-0.05, 0) is 24.3 Å². The van der Waals surface area contributed by atoms with Crippen molar-refractivity contribution in [3.63, 3.8) is 0 Å². The second-order valence-electron chi connectivity index (χ2n) is 3.10. The van der Waals surface area contributed by atoms with Crippen molar-refractivity contribution in [1.82, 2.24) is 9.97 Å². The van der Waals surface area contributed by atoms with Gasteiger partial charge in [0.15, 0.2) is 0 Å². The van der Waals surface area contributed by atoms with Crippen molar-refractivity contribution in [3.05, 3.63) is 36.7 Å². The van der Waals surface area contributed by atoms with E-state index in [4.69, 9.17) is 10.5 Å². The molecule has 1 aromatic carbocycles. The number of nitrogens with two attached hydrogens (primary N) is 1. The van der Waals surface area contributed by atoms with Crippen molar-refractivity contribution in [2.75, 3.05) is 13.2 Å². The molecular formula is C11H13N3O. The molecule has 4 nitrogen and oxygen atoms in total. The van der Waals surface area contributed by atoms with Crippen LogP contribution in [0.3, 0.4) is 0 Å². The fourth-order valence-electron chi connectivity index (χ4n) is 1.31. The molecule has 4 heteroatoms. The fourth-order valence-corrected chi connectivity index (χ4v) is 1.31. The Morgan fingerprint density at radius 1 is 1.27 bits per heavy atom. The topological polar surface area (TPSA) is 63.9 Å². The third-order valence-corrected chi connectivity index (χ3v) is 2.01. The van der Waals surface area contributed by atoms with E-state index in [0.29, 0.717) is 13.2 Å². The van der Waals surface area contributed by atoms with Gasteiger partial charge in [0.05, 0.1) is 0 Å². The minimum atomic E-state index is 0.528. The largest absolute Gasteiger partial charge is 0.492 e. The van der Waals surface area contributed by atoms with Crippen LogP contribution >= 0.6 is 0 Å². The van der Waals surface area contributed by atoms with Gasteiger partial charge in [-0.1, -0.05) is 0 Å². The smallest absolute Gasteiger partial charge is 0.137 e. The normalized spacial score (nSPS) is 10.2. The molecule has 1 aromatic heterocycles. The van der Waals surface area contributed by atoms with Gasteiger partial charge in [-0.25, -0.2) is 4.98 Å². The molecule has 0 atom stereocenters. The van der Waals surface area contributed by atoms with Gasteiger partial charge in [0, 0.05) is 24.5 Å². The molecule has 2 aromatic rings. The van der Waals surface area contributed by atoms with Crippen LogP contribution in [0.5, 0.6) is 5.75 Å². The number of hydrogen-bond acceptors (Lipinski definition) is 3. The third kappa shape index (κ3) is 2.35. The first kappa shape index (κ1) is 9.73. The molecule has 3 N–H and O–H groups in total. The average Bonchev–Trinajstić information content (AvgIpc) is 2.80. The number of imidazole rings is 1. The van der Waals surface area contributed by atoms with Crippen LogP contribution in [0.2, 0.25) is 0 Å². The maximum absolute atomic E-state index is 5.37. The Hall–Kier alpha value is -1.81. The molecule has 0 aliphatic heterocycles. The minimum absolute atomic E-state index is 0.528. The van der Waals surface area contributed by atoms with E-state index in [2.05, 4.69) is 9.97 Å². The molecule has 0 saturated heterocycles. The van der Waals surface area contributed by atoms with Crippen LogP contribution in [0.15, 0.2) is 36.7 Å². The molecule has 0 bridgehead atoms. The summed E-state index contributed by atoms with van der Waals surface area (Å²) in [5, 5.41) is 0. The molecule has 0 aliphatic rings. The quantitative estimate of drug-likeness (QED) is 0.789. The second kappa shape index (κ2) is 4.61. The zero-order valence-electron chi connectivity index (χ0n) is 8.31. The van der Waals surface area contributed by atoms with E-state index in [9.17, 15) is 0 Å². The summed E-state index contributed by atoms with van der Waals surface area (Å²) >= 11 is 0. The SMILES string of the molecule is NCCOc1ccc(-c2ncc[nH]2)cc1. The summed E-state index contributed by atoms with van der Waals surface area (Å²) in [7, 11) is 0. The molecule has 1 heterocycles. The Bertz CT molecular complexity index is 394. The maximum atomic E-state index is 5.37. The summed E-state index contributed by atoms with van der Waals surface area (Å²) in [5.74, 6) is 1.69. The minimum Gasteiger partial charge on any atom is -0.492 e. The monoisotopic (exact) mass is 203 g/mol. The van der Waals surface area contributed by atoms with E-state index in [1.807, 2.05) is 24.3 Å². The highest BCUT2D eigenvalue weighted by Crippen LogP contribution is 2.18. The standard InChI is InChI=1S/C11H13N3O/c12-5-8-15-10-3-1-9(2-4-10)11-13-6-7-14-11/h1-4,6-7H,5,8,12H2,(H,13,14). The van der Waals surface area contributed by atoms with Crippen LogP contribution in [0.4, 0.5) is 0 Å². The van der Waals surface area contributed by atoms with Gasteiger partial charge < -0.3 is 15.5 Å². The van der Waals surface area contributed by atoms with E-state index < -0.39 is 0 Å². The van der Waals surface area contributed by atoms with E-state index in [-0.39, 0.29) is 0 Å². The summed E-state index contributed by atoms with van der Waals surface area (Å²) in [6.07, 6.45) is 3.53. The number of aromatic nitrogens is 2. The molecular weight excluding hydrogens is 190 g/mol. The molecule has 15 heavy (non-hydrogen) atoms. The number of nitrogens with zero attached hydrogens (tertiary/aromatic N) is 1. The Balaban J connectivity index is 2.11. The molecule has 2 rings (SSSR count). The molecule has 0 radical (unpaired) electrons. The molecule has 0 unspecified atom stereocenters. The number of hydrogen-bond donors (Lipinski definition) is 2. The lowest BCUT2D eigenvalue weighted by atomic mass is 10.2. The number of rotatable bonds is 4. The van der Waals surface area contributed by atoms with E-state index >= 15 is 0 Å². The number of nitrogens with one attached hydrogen (secondary N) is 1. The van der Waals surface area contributed by atoms with Gasteiger partial charge in [-0.2, -0.15) is 0 Å². The second-order valence-corrected chi connectivity index (χ2v) is 3.10. The summed E-state index contributed by atoms with van der Waals surface area (Å²) in [4.78, 5) is 7.21. The molecule has 0 aliphatic carbocycles. The molecule has 0 fully saturated rings. The van der Waals surface area contributed by atoms with Gasteiger partial charge in [0.25, 0.3) is 0 Å². The van der Waals surface area contributed by atoms with Crippen molar-refractivity contribution in [2.24, 2.45) is 5.73 Å². The summed E-state index contributed by atoms with van der Waals surface area (Å²) in [6.45, 7) is 1.07. The molecule has 0 amide bonds. The Morgan fingerprint density at radius 2 is 2.07 bits per heavy atom. The first-order valence-electron chi connectivity index (χ1n) is 4.83. The van der Waals surface area contributed by atoms with E-state index in [0.717, 1.165) is 17.1 Å². The zero-order chi connectivity index (χ0) is 10.5. The van der Waals surface area contributed by atoms with Crippen molar-refractivity contribution in [1.29, 1.82) is 0 Å². The zero-order valence-corrected chi connectivity index (χ0v) is 8.31. The highest BCUT2D eigenvalue weighted by Gasteiger charge is 1.99. The summed E-state index contributed by atoms with van der Waals surface area (Å²) in [5.41, 5.74) is 6.39. The Labute approximate surface area is 88.1 Å². The number of benzene rings is 1. The third-order valence-electron chi connectivity index (χ3n) is 2.01. The van der Waals surface area contributed by atoms with Crippen LogP contribution in [0.25, 0.3) is 11.4 Å². The molecule has 0 saturated carbocycles. The van der Waals surface area contributed by atoms with Crippen LogP contribution in [-0.2, 0) is 0 Å². The van der Waals surface area contributed by atoms with E-state index in [1.165, 1.54) is 0 Å². The van der Waals surface area contributed by atoms with Crippen LogP contribution < -0.4 is 10.5 Å². The number of aromatic amines is 1. The molecule has 0 spiro atoms. The molecule has 78 valence electrons. The summed E-state index contributed by atoms with van der Waals surface area (Å²) in [6, 6.07) is 7.75. The van der Waals surface area contributed by atoms with Gasteiger partial charge in [0.1, 0.15) is 18.2 Å². The highest BCUT2D eigenvalue weighted by atomic mass is 16.5. The van der Waals surface area contributed by atoms with Crippen molar-refractivity contribution >= 4 is 0 Å². The van der Waals surface area contributed by atoms with Crippen molar-refractivity contribution in [3.8, 4) is 17.1 Å². The fraction of sp³-hybridized carbons (Fsp3) is 0.182. The summed E-state index contributed by atoms with van der Waals surface area (Å²) < 4.78 is 5.37. The van der Waals surface area contributed by atoms with E-state index in [1.54, 1.807) is 12.4 Å². The first-order chi connectivity index (χ1) is 7.40. The lowest BCUT2D eigenvalue weighted by Crippen LogP contribution is -2.10. The van der Waals surface area contributed by atoms with Gasteiger partial charge >= 0.3 is 0 Å². The van der Waals surface area contributed by atoms with Crippen molar-refractivity contribution in [2.45, 2.75) is 0 Å². The predicted octanol–water partition coefficient (Wildman–Crippen LogP) is 1.41. The van der Waals surface area contributed by atoms with Gasteiger partial charge in [0.2, 0.25) is 0 Å². The Morgan fingerprint density at radius 3 is 2.67 bits per heavy atom. The number of ether oxygens (including phenoxy) is 1. The predicted molar refractivity (Wildman–Crippen MR) is 58.6 cm³/mol. The van der Waals surface area contributed by atoms with Crippen LogP contribution in [0, 0.1) is 0 Å². The maximum Gasteiger partial charge on any atom is 0.137 e. The highest BCUT2D eigenvalue weighted by molar-refractivity contribution is 5.55.